The van der Waals surface area contributed by atoms with Gasteiger partial charge in [0.2, 0.25) is 0 Å². The van der Waals surface area contributed by atoms with Crippen LogP contribution in [0.25, 0.3) is 0 Å². The minimum atomic E-state index is -0.157. The molecule has 3 heterocycles. The predicted octanol–water partition coefficient (Wildman–Crippen LogP) is 3.65. The van der Waals surface area contributed by atoms with Gasteiger partial charge in [0.1, 0.15) is 22.5 Å². The van der Waals surface area contributed by atoms with Gasteiger partial charge in [0.05, 0.1) is 6.20 Å². The van der Waals surface area contributed by atoms with E-state index in [2.05, 4.69) is 15.3 Å². The van der Waals surface area contributed by atoms with Gasteiger partial charge in [-0.3, -0.25) is 9.78 Å². The van der Waals surface area contributed by atoms with E-state index >= 15 is 0 Å². The number of halogens is 1. The van der Waals surface area contributed by atoms with Crippen molar-refractivity contribution in [3.05, 3.63) is 64.9 Å². The number of aryl methyl sites for hydroxylation is 1. The summed E-state index contributed by atoms with van der Waals surface area (Å²) in [6, 6.07) is 9.85. The number of ether oxygens (including phenoxy) is 2. The Kier molecular flexibility index (Phi) is 5.90. The average molecular weight is 445 g/mol. The molecule has 1 aliphatic heterocycles. The van der Waals surface area contributed by atoms with Crippen LogP contribution in [0.1, 0.15) is 39.7 Å². The maximum atomic E-state index is 12.2. The van der Waals surface area contributed by atoms with Crippen LogP contribution in [0.5, 0.6) is 16.7 Å². The van der Waals surface area contributed by atoms with Crippen molar-refractivity contribution < 1.29 is 14.3 Å². The van der Waals surface area contributed by atoms with Crippen LogP contribution in [0, 0.1) is 0 Å². The summed E-state index contributed by atoms with van der Waals surface area (Å²) in [5, 5.41) is 3.32. The Bertz CT molecular complexity index is 1050. The highest BCUT2D eigenvalue weighted by molar-refractivity contribution is 7.15. The summed E-state index contributed by atoms with van der Waals surface area (Å²) in [5.74, 6) is 1.38. The first-order chi connectivity index (χ1) is 14.2. The van der Waals surface area contributed by atoms with Gasteiger partial charge < -0.3 is 20.5 Å². The van der Waals surface area contributed by atoms with Crippen LogP contribution in [0.3, 0.4) is 0 Å². The van der Waals surface area contributed by atoms with Crippen LogP contribution in [-0.4, -0.2) is 28.0 Å². The van der Waals surface area contributed by atoms with Crippen LogP contribution in [0.15, 0.2) is 48.9 Å². The largest absolute Gasteiger partial charge is 0.485 e. The maximum absolute atomic E-state index is 12.2. The van der Waals surface area contributed by atoms with E-state index in [1.54, 1.807) is 6.20 Å². The molecule has 1 unspecified atom stereocenters. The molecule has 3 N–H and O–H groups in total. The summed E-state index contributed by atoms with van der Waals surface area (Å²) in [5.41, 5.74) is 7.91. The van der Waals surface area contributed by atoms with Crippen molar-refractivity contribution in [2.45, 2.75) is 37.5 Å². The van der Waals surface area contributed by atoms with Gasteiger partial charge >= 0.3 is 0 Å². The molecule has 0 saturated heterocycles. The molecule has 0 spiro atoms. The molecule has 2 aliphatic rings. The van der Waals surface area contributed by atoms with Gasteiger partial charge in [-0.05, 0) is 49.1 Å². The number of hydrogen-bond acceptors (Lipinski definition) is 7. The van der Waals surface area contributed by atoms with Gasteiger partial charge in [0.15, 0.2) is 0 Å². The molecular formula is C21H21ClN4O3S. The first kappa shape index (κ1) is 20.6. The molecule has 3 atom stereocenters. The molecule has 0 bridgehead atoms. The molecule has 156 valence electrons. The number of benzene rings is 1. The Morgan fingerprint density at radius 3 is 2.93 bits per heavy atom. The third-order valence-corrected chi connectivity index (χ3v) is 5.98. The lowest BCUT2D eigenvalue weighted by atomic mass is 9.98. The number of hydrogen-bond donors (Lipinski definition) is 2. The molecule has 1 aromatic carbocycles. The van der Waals surface area contributed by atoms with E-state index in [0.29, 0.717) is 15.8 Å². The molecule has 0 radical (unpaired) electrons. The minimum absolute atomic E-state index is 0. The van der Waals surface area contributed by atoms with E-state index in [1.165, 1.54) is 17.5 Å². The van der Waals surface area contributed by atoms with Crippen LogP contribution in [0.2, 0.25) is 0 Å². The first-order valence-corrected chi connectivity index (χ1v) is 10.4. The van der Waals surface area contributed by atoms with Crippen LogP contribution in [-0.2, 0) is 6.42 Å². The predicted molar refractivity (Wildman–Crippen MR) is 116 cm³/mol. The van der Waals surface area contributed by atoms with Gasteiger partial charge in [-0.15, -0.1) is 12.4 Å². The molecule has 7 nitrogen and oxygen atoms in total. The fourth-order valence-corrected chi connectivity index (χ4v) is 4.05. The zero-order valence-corrected chi connectivity index (χ0v) is 17.6. The lowest BCUT2D eigenvalue weighted by molar-refractivity contribution is 0.0954. The van der Waals surface area contributed by atoms with Crippen molar-refractivity contribution in [1.82, 2.24) is 15.3 Å². The number of carbonyl (C=O) groups is 1. The Morgan fingerprint density at radius 2 is 2.17 bits per heavy atom. The normalized spacial score (nSPS) is 21.6. The molecule has 1 aliphatic carbocycles. The number of rotatable bonds is 5. The quantitative estimate of drug-likeness (QED) is 0.623. The zero-order chi connectivity index (χ0) is 19.8. The van der Waals surface area contributed by atoms with E-state index < -0.39 is 0 Å². The molecule has 3 aromatic rings. The van der Waals surface area contributed by atoms with Gasteiger partial charge in [0, 0.05) is 30.0 Å². The van der Waals surface area contributed by atoms with E-state index in [9.17, 15) is 4.79 Å². The maximum Gasteiger partial charge on any atom is 0.279 e. The topological polar surface area (TPSA) is 99.4 Å². The Balaban J connectivity index is 0.00000218. The number of aromatic nitrogens is 2. The summed E-state index contributed by atoms with van der Waals surface area (Å²) < 4.78 is 12.0. The summed E-state index contributed by atoms with van der Waals surface area (Å²) in [6.07, 6.45) is 7.75. The fraction of sp³-hybridized carbons (Fsp3) is 0.286. The van der Waals surface area contributed by atoms with Crippen LogP contribution in [0.4, 0.5) is 0 Å². The van der Waals surface area contributed by atoms with Crippen LogP contribution < -0.4 is 20.5 Å². The molecule has 1 saturated carbocycles. The minimum Gasteiger partial charge on any atom is -0.485 e. The molecule has 1 fully saturated rings. The van der Waals surface area contributed by atoms with E-state index in [-0.39, 0.29) is 36.5 Å². The van der Waals surface area contributed by atoms with Crippen LogP contribution >= 0.6 is 23.7 Å². The lowest BCUT2D eigenvalue weighted by Gasteiger charge is -2.26. The molecule has 30 heavy (non-hydrogen) atoms. The third kappa shape index (κ3) is 4.40. The Morgan fingerprint density at radius 1 is 1.30 bits per heavy atom. The smallest absolute Gasteiger partial charge is 0.279 e. The molecular weight excluding hydrogens is 424 g/mol. The second-order valence-electron chi connectivity index (χ2n) is 7.27. The summed E-state index contributed by atoms with van der Waals surface area (Å²) in [4.78, 5) is 21.1. The van der Waals surface area contributed by atoms with Crippen molar-refractivity contribution in [2.24, 2.45) is 5.73 Å². The monoisotopic (exact) mass is 444 g/mol. The molecule has 9 heteroatoms. The second-order valence-corrected chi connectivity index (χ2v) is 8.27. The van der Waals surface area contributed by atoms with Gasteiger partial charge in [-0.1, -0.05) is 17.4 Å². The van der Waals surface area contributed by atoms with Crippen molar-refractivity contribution in [2.75, 3.05) is 0 Å². The number of pyridine rings is 1. The zero-order valence-electron chi connectivity index (χ0n) is 16.0. The number of fused-ring (bicyclic) bond motifs is 1. The third-order valence-electron chi connectivity index (χ3n) is 5.10. The van der Waals surface area contributed by atoms with Crippen molar-refractivity contribution in [3.63, 3.8) is 0 Å². The molecule has 1 amide bonds. The fourth-order valence-electron chi connectivity index (χ4n) is 3.36. The summed E-state index contributed by atoms with van der Waals surface area (Å²) in [7, 11) is 0. The molecule has 5 rings (SSSR count). The Labute approximate surface area is 184 Å². The van der Waals surface area contributed by atoms with Crippen molar-refractivity contribution >= 4 is 29.7 Å². The summed E-state index contributed by atoms with van der Waals surface area (Å²) in [6.45, 7) is 0. The number of nitrogens with two attached hydrogens (primary N) is 1. The van der Waals surface area contributed by atoms with E-state index in [1.807, 2.05) is 36.5 Å². The standard InChI is InChI=1S/C21H20N4O3S.ClH/c22-15-9-16(15)25-20(26)19-11-24-21(29-19)27-14-4-6-17-12(8-14)3-5-18(28-17)13-2-1-7-23-10-13;/h1-2,4,6-8,10-11,15-16,18H,3,5,9,22H2,(H,25,26);1H/t15-,16-,18?;/m0./s1. The number of amides is 1. The lowest BCUT2D eigenvalue weighted by Crippen LogP contribution is -2.28. The summed E-state index contributed by atoms with van der Waals surface area (Å²) >= 11 is 1.22. The average Bonchev–Trinajstić information content (AvgIpc) is 3.24. The van der Waals surface area contributed by atoms with E-state index in [4.69, 9.17) is 15.2 Å². The SMILES string of the molecule is Cl.N[C@H]1C[C@@H]1NC(=O)c1cnc(Oc2ccc3c(c2)CCC(c2cccnc2)O3)s1. The number of nitrogens with zero attached hydrogens (tertiary/aromatic N) is 2. The Hall–Kier alpha value is -2.68. The highest BCUT2D eigenvalue weighted by atomic mass is 35.5. The molecule has 2 aromatic heterocycles. The van der Waals surface area contributed by atoms with Crippen molar-refractivity contribution in [3.8, 4) is 16.7 Å². The number of carbonyl (C=O) groups excluding carboxylic acids is 1. The van der Waals surface area contributed by atoms with Gasteiger partial charge in [-0.25, -0.2) is 4.98 Å². The van der Waals surface area contributed by atoms with Gasteiger partial charge in [-0.2, -0.15) is 0 Å². The van der Waals surface area contributed by atoms with Crippen molar-refractivity contribution in [1.29, 1.82) is 0 Å². The van der Waals surface area contributed by atoms with Gasteiger partial charge in [0.25, 0.3) is 11.1 Å². The van der Waals surface area contributed by atoms with E-state index in [0.717, 1.165) is 36.1 Å². The number of nitrogens with one attached hydrogen (secondary N) is 1. The second kappa shape index (κ2) is 8.59. The first-order valence-electron chi connectivity index (χ1n) is 9.55. The highest BCUT2D eigenvalue weighted by Gasteiger charge is 2.35. The number of thiazole rings is 1. The highest BCUT2D eigenvalue weighted by Crippen LogP contribution is 2.37.